The van der Waals surface area contributed by atoms with E-state index in [1.807, 2.05) is 37.4 Å². The molecule has 0 amide bonds. The lowest BCUT2D eigenvalue weighted by molar-refractivity contribution is 0.196. The molecule has 2 rings (SSSR count). The molecule has 0 fully saturated rings. The number of benzene rings is 2. The molecular weight excluding hydrogens is 405 g/mol. The molecule has 0 unspecified atom stereocenters. The number of guanidine groups is 1. The second kappa shape index (κ2) is 13.0. The number of methoxy groups -OCH3 is 1. The van der Waals surface area contributed by atoms with E-state index in [0.717, 1.165) is 29.0 Å². The first-order valence-electron chi connectivity index (χ1n) is 9.80. The normalized spacial score (nSPS) is 11.3. The van der Waals surface area contributed by atoms with E-state index in [1.54, 1.807) is 24.9 Å². The lowest BCUT2D eigenvalue weighted by Gasteiger charge is -2.14. The van der Waals surface area contributed by atoms with E-state index < -0.39 is 0 Å². The summed E-state index contributed by atoms with van der Waals surface area (Å²) in [5.74, 6) is 2.40. The van der Waals surface area contributed by atoms with Crippen LogP contribution in [-0.4, -0.2) is 44.2 Å². The summed E-state index contributed by atoms with van der Waals surface area (Å²) in [6.07, 6.45) is 2.00. The molecule has 0 aliphatic rings. The molecule has 0 aliphatic heterocycles. The number of halogens is 1. The quantitative estimate of drug-likeness (QED) is 0.371. The van der Waals surface area contributed by atoms with Crippen molar-refractivity contribution in [1.29, 1.82) is 0 Å². The Morgan fingerprint density at radius 3 is 2.67 bits per heavy atom. The third kappa shape index (κ3) is 7.42. The molecule has 0 saturated carbocycles. The van der Waals surface area contributed by atoms with Gasteiger partial charge in [-0.15, -0.1) is 0 Å². The minimum absolute atomic E-state index is 0.0559. The number of nitrogens with one attached hydrogen (secondary N) is 2. The number of aliphatic imine (C=N–C) groups is 1. The molecule has 164 valence electrons. The number of nitrogens with zero attached hydrogens (tertiary/aromatic N) is 1. The van der Waals surface area contributed by atoms with Gasteiger partial charge >= 0.3 is 0 Å². The van der Waals surface area contributed by atoms with Crippen molar-refractivity contribution in [3.05, 3.63) is 58.9 Å². The van der Waals surface area contributed by atoms with Gasteiger partial charge in [-0.25, -0.2) is 9.38 Å². The molecule has 0 saturated heterocycles. The highest BCUT2D eigenvalue weighted by molar-refractivity contribution is 7.97. The van der Waals surface area contributed by atoms with Crippen molar-refractivity contribution in [2.75, 3.05) is 33.1 Å². The molecule has 6 nitrogen and oxygen atoms in total. The minimum atomic E-state index is -0.219. The van der Waals surface area contributed by atoms with Gasteiger partial charge in [0.2, 0.25) is 0 Å². The lowest BCUT2D eigenvalue weighted by atomic mass is 10.1. The number of aliphatic hydroxyl groups is 1. The van der Waals surface area contributed by atoms with Gasteiger partial charge in [-0.2, -0.15) is 11.8 Å². The van der Waals surface area contributed by atoms with Crippen LogP contribution in [0, 0.1) is 5.82 Å². The first kappa shape index (κ1) is 23.8. The van der Waals surface area contributed by atoms with Crippen molar-refractivity contribution in [2.24, 2.45) is 4.99 Å². The first-order chi connectivity index (χ1) is 14.6. The summed E-state index contributed by atoms with van der Waals surface area (Å²) >= 11 is 1.66. The number of hydrogen-bond acceptors (Lipinski definition) is 5. The number of hydrogen-bond donors (Lipinski definition) is 3. The van der Waals surface area contributed by atoms with Gasteiger partial charge in [-0.1, -0.05) is 12.1 Å². The highest BCUT2D eigenvalue weighted by atomic mass is 32.2. The van der Waals surface area contributed by atoms with E-state index in [-0.39, 0.29) is 19.0 Å². The van der Waals surface area contributed by atoms with E-state index in [0.29, 0.717) is 30.5 Å². The smallest absolute Gasteiger partial charge is 0.191 e. The Labute approximate surface area is 181 Å². The van der Waals surface area contributed by atoms with Crippen LogP contribution in [0.5, 0.6) is 11.5 Å². The fraction of sp³-hybridized carbons (Fsp3) is 0.409. The second-order valence-electron chi connectivity index (χ2n) is 6.45. The average Bonchev–Trinajstić information content (AvgIpc) is 2.75. The zero-order chi connectivity index (χ0) is 21.8. The summed E-state index contributed by atoms with van der Waals surface area (Å²) in [7, 11) is 1.58. The van der Waals surface area contributed by atoms with Crippen LogP contribution in [0.3, 0.4) is 0 Å². The highest BCUT2D eigenvalue weighted by Crippen LogP contribution is 2.28. The Kier molecular flexibility index (Phi) is 10.3. The predicted molar refractivity (Wildman–Crippen MR) is 121 cm³/mol. The monoisotopic (exact) mass is 435 g/mol. The van der Waals surface area contributed by atoms with Crippen molar-refractivity contribution in [3.63, 3.8) is 0 Å². The third-order valence-electron chi connectivity index (χ3n) is 4.26. The van der Waals surface area contributed by atoms with E-state index >= 15 is 0 Å². The van der Waals surface area contributed by atoms with Gasteiger partial charge in [0, 0.05) is 18.8 Å². The topological polar surface area (TPSA) is 75.1 Å². The molecule has 0 aromatic heterocycles. The average molecular weight is 436 g/mol. The number of aliphatic hydroxyl groups excluding tert-OH is 1. The van der Waals surface area contributed by atoms with Crippen LogP contribution in [0.25, 0.3) is 0 Å². The zero-order valence-corrected chi connectivity index (χ0v) is 18.5. The molecule has 0 heterocycles. The minimum Gasteiger partial charge on any atom is -0.493 e. The van der Waals surface area contributed by atoms with Crippen LogP contribution < -0.4 is 20.1 Å². The molecule has 0 radical (unpaired) electrons. The van der Waals surface area contributed by atoms with Crippen LogP contribution in [0.4, 0.5) is 4.39 Å². The summed E-state index contributed by atoms with van der Waals surface area (Å²) < 4.78 is 24.4. The maximum Gasteiger partial charge on any atom is 0.191 e. The first-order valence-corrected chi connectivity index (χ1v) is 11.2. The number of ether oxygens (including phenoxy) is 2. The van der Waals surface area contributed by atoms with Crippen molar-refractivity contribution in [2.45, 2.75) is 25.8 Å². The zero-order valence-electron chi connectivity index (χ0n) is 17.7. The van der Waals surface area contributed by atoms with Crippen molar-refractivity contribution in [3.8, 4) is 11.5 Å². The Morgan fingerprint density at radius 1 is 1.13 bits per heavy atom. The van der Waals surface area contributed by atoms with E-state index in [4.69, 9.17) is 14.6 Å². The summed E-state index contributed by atoms with van der Waals surface area (Å²) in [5.41, 5.74) is 2.99. The molecule has 0 atom stereocenters. The van der Waals surface area contributed by atoms with Gasteiger partial charge in [0.05, 0.1) is 20.3 Å². The third-order valence-corrected chi connectivity index (χ3v) is 4.85. The standard InChI is InChI=1S/C22H30FN3O3S/c1-4-24-22(26-14-17-6-7-19(23)12-18(17)15-30-3)25-13-16-5-8-20(29-10-9-27)21(11-16)28-2/h5-8,11-12,27H,4,9-10,13-15H2,1-3H3,(H2,24,25,26). The van der Waals surface area contributed by atoms with Crippen LogP contribution in [0.1, 0.15) is 23.6 Å². The van der Waals surface area contributed by atoms with E-state index in [9.17, 15) is 4.39 Å². The predicted octanol–water partition coefficient (Wildman–Crippen LogP) is 3.32. The van der Waals surface area contributed by atoms with Gasteiger partial charge in [-0.05, 0) is 54.1 Å². The number of rotatable bonds is 11. The van der Waals surface area contributed by atoms with Crippen LogP contribution >= 0.6 is 11.8 Å². The van der Waals surface area contributed by atoms with Gasteiger partial charge in [-0.3, -0.25) is 0 Å². The Balaban J connectivity index is 2.07. The van der Waals surface area contributed by atoms with Gasteiger partial charge < -0.3 is 25.2 Å². The molecule has 3 N–H and O–H groups in total. The molecule has 30 heavy (non-hydrogen) atoms. The van der Waals surface area contributed by atoms with E-state index in [2.05, 4.69) is 15.6 Å². The summed E-state index contributed by atoms with van der Waals surface area (Å²) in [4.78, 5) is 4.64. The Hall–Kier alpha value is -2.45. The van der Waals surface area contributed by atoms with Crippen LogP contribution in [0.2, 0.25) is 0 Å². The van der Waals surface area contributed by atoms with Crippen molar-refractivity contribution in [1.82, 2.24) is 10.6 Å². The van der Waals surface area contributed by atoms with Crippen LogP contribution in [0.15, 0.2) is 41.4 Å². The Bertz CT molecular complexity index is 833. The lowest BCUT2D eigenvalue weighted by Crippen LogP contribution is -2.37. The summed E-state index contributed by atoms with van der Waals surface area (Å²) in [5, 5.41) is 15.5. The molecular formula is C22H30FN3O3S. The van der Waals surface area contributed by atoms with Gasteiger partial charge in [0.15, 0.2) is 17.5 Å². The summed E-state index contributed by atoms with van der Waals surface area (Å²) in [6, 6.07) is 10.5. The molecule has 0 spiro atoms. The van der Waals surface area contributed by atoms with Crippen LogP contribution in [-0.2, 0) is 18.8 Å². The van der Waals surface area contributed by atoms with Gasteiger partial charge in [0.1, 0.15) is 12.4 Å². The fourth-order valence-electron chi connectivity index (χ4n) is 2.83. The molecule has 0 aliphatic carbocycles. The van der Waals surface area contributed by atoms with Gasteiger partial charge in [0.25, 0.3) is 0 Å². The molecule has 8 heteroatoms. The molecule has 2 aromatic rings. The van der Waals surface area contributed by atoms with Crippen molar-refractivity contribution < 1.29 is 19.0 Å². The fourth-order valence-corrected chi connectivity index (χ4v) is 3.41. The Morgan fingerprint density at radius 2 is 1.97 bits per heavy atom. The maximum atomic E-state index is 13.6. The SMILES string of the molecule is CCNC(=NCc1ccc(OCCO)c(OC)c1)NCc1ccc(F)cc1CSC. The highest BCUT2D eigenvalue weighted by Gasteiger charge is 2.08. The largest absolute Gasteiger partial charge is 0.493 e. The maximum absolute atomic E-state index is 13.6. The molecule has 0 bridgehead atoms. The number of thioether (sulfide) groups is 1. The summed E-state index contributed by atoms with van der Waals surface area (Å²) in [6.45, 7) is 3.89. The second-order valence-corrected chi connectivity index (χ2v) is 7.32. The van der Waals surface area contributed by atoms with E-state index in [1.165, 1.54) is 6.07 Å². The van der Waals surface area contributed by atoms with Crippen molar-refractivity contribution >= 4 is 17.7 Å². The molecule has 2 aromatic carbocycles.